The first-order valence-corrected chi connectivity index (χ1v) is 6.76. The molecule has 5 heteroatoms. The van der Waals surface area contributed by atoms with Gasteiger partial charge in [-0.2, -0.15) is 0 Å². The van der Waals surface area contributed by atoms with E-state index in [-0.39, 0.29) is 12.1 Å². The normalized spacial score (nSPS) is 11.5. The fourth-order valence-corrected chi connectivity index (χ4v) is 1.98. The van der Waals surface area contributed by atoms with Gasteiger partial charge in [-0.1, -0.05) is 12.1 Å². The molecule has 0 aliphatic heterocycles. The van der Waals surface area contributed by atoms with Crippen molar-refractivity contribution in [2.45, 2.75) is 20.4 Å². The van der Waals surface area contributed by atoms with Crippen LogP contribution in [0.25, 0.3) is 0 Å². The Balaban J connectivity index is 2.11. The number of hydrogen-bond acceptors (Lipinski definition) is 2. The second kappa shape index (κ2) is 6.26. The zero-order valence-electron chi connectivity index (χ0n) is 12.6. The maximum Gasteiger partial charge on any atom is 0.255 e. The zero-order valence-corrected chi connectivity index (χ0v) is 12.6. The van der Waals surface area contributed by atoms with Crippen molar-refractivity contribution in [1.82, 2.24) is 4.57 Å². The first-order valence-electron chi connectivity index (χ1n) is 6.76. The van der Waals surface area contributed by atoms with Crippen LogP contribution in [0.1, 0.15) is 16.8 Å². The first kappa shape index (κ1) is 14.8. The molecule has 0 saturated heterocycles. The number of hydrogen-bond donors (Lipinski definition) is 2. The summed E-state index contributed by atoms with van der Waals surface area (Å²) >= 11 is 0. The Bertz CT molecular complexity index is 731. The Morgan fingerprint density at radius 2 is 2.05 bits per heavy atom. The number of rotatable bonds is 3. The van der Waals surface area contributed by atoms with Gasteiger partial charge in [-0.25, -0.2) is 4.99 Å². The topological polar surface area (TPSA) is 72.4 Å². The van der Waals surface area contributed by atoms with Gasteiger partial charge in [0.25, 0.3) is 5.56 Å². The number of aryl methyl sites for hydroxylation is 2. The third kappa shape index (κ3) is 3.72. The lowest BCUT2D eigenvalue weighted by Gasteiger charge is -2.07. The van der Waals surface area contributed by atoms with E-state index in [1.807, 2.05) is 44.2 Å². The van der Waals surface area contributed by atoms with Crippen LogP contribution in [-0.4, -0.2) is 10.5 Å². The van der Waals surface area contributed by atoms with Crippen LogP contribution >= 0.6 is 0 Å². The third-order valence-corrected chi connectivity index (χ3v) is 3.34. The average Bonchev–Trinajstić information content (AvgIpc) is 2.44. The van der Waals surface area contributed by atoms with Crippen LogP contribution in [0.4, 0.5) is 5.69 Å². The highest BCUT2D eigenvalue weighted by molar-refractivity contribution is 5.92. The lowest BCUT2D eigenvalue weighted by atomic mass is 10.2. The summed E-state index contributed by atoms with van der Waals surface area (Å²) < 4.78 is 1.61. The quantitative estimate of drug-likeness (QED) is 0.668. The number of aromatic nitrogens is 1. The van der Waals surface area contributed by atoms with Gasteiger partial charge in [-0.05, 0) is 43.7 Å². The minimum atomic E-state index is -0.0397. The second-order valence-electron chi connectivity index (χ2n) is 5.06. The van der Waals surface area contributed by atoms with Crippen molar-refractivity contribution in [2.24, 2.45) is 17.8 Å². The zero-order chi connectivity index (χ0) is 15.4. The van der Waals surface area contributed by atoms with Gasteiger partial charge >= 0.3 is 0 Å². The number of guanidine groups is 1. The van der Waals surface area contributed by atoms with Gasteiger partial charge in [-0.15, -0.1) is 0 Å². The van der Waals surface area contributed by atoms with E-state index in [2.05, 4.69) is 10.3 Å². The summed E-state index contributed by atoms with van der Waals surface area (Å²) in [6.45, 7) is 4.16. The molecule has 0 bridgehead atoms. The van der Waals surface area contributed by atoms with E-state index in [1.54, 1.807) is 17.7 Å². The van der Waals surface area contributed by atoms with E-state index in [9.17, 15) is 4.79 Å². The molecule has 0 aliphatic rings. The number of aliphatic imine (C=N–C) groups is 1. The van der Waals surface area contributed by atoms with Crippen molar-refractivity contribution in [3.05, 3.63) is 63.6 Å². The van der Waals surface area contributed by atoms with Crippen LogP contribution < -0.4 is 16.6 Å². The summed E-state index contributed by atoms with van der Waals surface area (Å²) in [4.78, 5) is 16.3. The number of nitrogens with zero attached hydrogens (tertiary/aromatic N) is 2. The number of benzene rings is 1. The molecule has 0 aliphatic carbocycles. The molecule has 2 aromatic rings. The molecule has 1 aromatic heterocycles. The second-order valence-corrected chi connectivity index (χ2v) is 5.06. The predicted molar refractivity (Wildman–Crippen MR) is 86.5 cm³/mol. The number of nitrogens with one attached hydrogen (secondary N) is 1. The van der Waals surface area contributed by atoms with Crippen molar-refractivity contribution < 1.29 is 0 Å². The van der Waals surface area contributed by atoms with Crippen molar-refractivity contribution in [3.8, 4) is 0 Å². The highest BCUT2D eigenvalue weighted by Gasteiger charge is 2.03. The molecule has 3 N–H and O–H groups in total. The molecular formula is C16H20N4O. The Kier molecular flexibility index (Phi) is 4.42. The molecule has 0 unspecified atom stereocenters. The number of anilines is 1. The molecule has 110 valence electrons. The van der Waals surface area contributed by atoms with Crippen LogP contribution in [0, 0.1) is 13.8 Å². The fourth-order valence-electron chi connectivity index (χ4n) is 1.98. The van der Waals surface area contributed by atoms with Gasteiger partial charge in [0.1, 0.15) is 0 Å². The Morgan fingerprint density at radius 1 is 1.29 bits per heavy atom. The molecule has 0 atom stereocenters. The van der Waals surface area contributed by atoms with E-state index in [0.717, 1.165) is 16.9 Å². The van der Waals surface area contributed by atoms with Crippen molar-refractivity contribution in [3.63, 3.8) is 0 Å². The van der Waals surface area contributed by atoms with Crippen molar-refractivity contribution in [1.29, 1.82) is 0 Å². The van der Waals surface area contributed by atoms with Gasteiger partial charge in [0, 0.05) is 24.0 Å². The Labute approximate surface area is 124 Å². The monoisotopic (exact) mass is 284 g/mol. The summed E-state index contributed by atoms with van der Waals surface area (Å²) in [6.07, 6.45) is 0. The Hall–Kier alpha value is -2.56. The SMILES string of the molecule is Cc1cccc(NC(N)=NCc2ccc(C)n(C)c2=O)c1. The minimum absolute atomic E-state index is 0.0397. The van der Waals surface area contributed by atoms with E-state index in [1.165, 1.54) is 0 Å². The predicted octanol–water partition coefficient (Wildman–Crippen LogP) is 1.93. The highest BCUT2D eigenvalue weighted by atomic mass is 16.1. The number of nitrogens with two attached hydrogens (primary N) is 1. The van der Waals surface area contributed by atoms with Crippen LogP contribution in [0.15, 0.2) is 46.2 Å². The third-order valence-electron chi connectivity index (χ3n) is 3.34. The standard InChI is InChI=1S/C16H20N4O/c1-11-5-4-6-14(9-11)19-16(17)18-10-13-8-7-12(2)20(3)15(13)21/h4-9H,10H2,1-3H3,(H3,17,18,19). The van der Waals surface area contributed by atoms with E-state index >= 15 is 0 Å². The first-order chi connectivity index (χ1) is 9.97. The van der Waals surface area contributed by atoms with Gasteiger partial charge < -0.3 is 15.6 Å². The minimum Gasteiger partial charge on any atom is -0.370 e. The number of pyridine rings is 1. The van der Waals surface area contributed by atoms with Crippen molar-refractivity contribution in [2.75, 3.05) is 5.32 Å². The summed E-state index contributed by atoms with van der Waals surface area (Å²) in [5.41, 5.74) is 9.37. The average molecular weight is 284 g/mol. The molecule has 0 saturated carbocycles. The molecule has 0 radical (unpaired) electrons. The van der Waals surface area contributed by atoms with E-state index in [4.69, 9.17) is 5.73 Å². The fraction of sp³-hybridized carbons (Fsp3) is 0.250. The maximum atomic E-state index is 12.0. The van der Waals surface area contributed by atoms with E-state index in [0.29, 0.717) is 11.5 Å². The lowest BCUT2D eigenvalue weighted by molar-refractivity contribution is 0.795. The summed E-state index contributed by atoms with van der Waals surface area (Å²) in [5, 5.41) is 3.02. The van der Waals surface area contributed by atoms with Crippen molar-refractivity contribution >= 4 is 11.6 Å². The molecule has 0 fully saturated rings. The largest absolute Gasteiger partial charge is 0.370 e. The van der Waals surface area contributed by atoms with Crippen LogP contribution in [-0.2, 0) is 13.6 Å². The summed E-state index contributed by atoms with van der Waals surface area (Å²) in [5.74, 6) is 0.295. The van der Waals surface area contributed by atoms with Crippen LogP contribution in [0.2, 0.25) is 0 Å². The lowest BCUT2D eigenvalue weighted by Crippen LogP contribution is -2.25. The highest BCUT2D eigenvalue weighted by Crippen LogP contribution is 2.09. The van der Waals surface area contributed by atoms with Gasteiger partial charge in [0.2, 0.25) is 0 Å². The molecule has 21 heavy (non-hydrogen) atoms. The molecular weight excluding hydrogens is 264 g/mol. The van der Waals surface area contributed by atoms with Crippen LogP contribution in [0.3, 0.4) is 0 Å². The summed E-state index contributed by atoms with van der Waals surface area (Å²) in [7, 11) is 1.75. The van der Waals surface area contributed by atoms with Gasteiger partial charge in [0.15, 0.2) is 5.96 Å². The van der Waals surface area contributed by atoms with Gasteiger partial charge in [0.05, 0.1) is 6.54 Å². The smallest absolute Gasteiger partial charge is 0.255 e. The van der Waals surface area contributed by atoms with Gasteiger partial charge in [-0.3, -0.25) is 4.79 Å². The summed E-state index contributed by atoms with van der Waals surface area (Å²) in [6, 6.07) is 11.5. The molecule has 5 nitrogen and oxygen atoms in total. The Morgan fingerprint density at radius 3 is 2.76 bits per heavy atom. The molecule has 1 heterocycles. The maximum absolute atomic E-state index is 12.0. The molecule has 0 spiro atoms. The molecule has 2 rings (SSSR count). The van der Waals surface area contributed by atoms with Crippen LogP contribution in [0.5, 0.6) is 0 Å². The molecule has 0 amide bonds. The molecule has 1 aromatic carbocycles. The van der Waals surface area contributed by atoms with E-state index < -0.39 is 0 Å².